The Morgan fingerprint density at radius 3 is 2.81 bits per heavy atom. The molecule has 0 saturated carbocycles. The van der Waals surface area contributed by atoms with E-state index in [0.29, 0.717) is 31.5 Å². The van der Waals surface area contributed by atoms with Crippen LogP contribution in [0, 0.1) is 0 Å². The van der Waals surface area contributed by atoms with Crippen LogP contribution in [0.4, 0.5) is 0 Å². The highest BCUT2D eigenvalue weighted by Crippen LogP contribution is 2.35. The van der Waals surface area contributed by atoms with Crippen molar-refractivity contribution in [2.24, 2.45) is 4.99 Å². The van der Waals surface area contributed by atoms with Gasteiger partial charge < -0.3 is 25.0 Å². The first-order chi connectivity index (χ1) is 14.5. The Bertz CT molecular complexity index is 771. The lowest BCUT2D eigenvalue weighted by Gasteiger charge is -2.27. The maximum absolute atomic E-state index is 12.0. The minimum Gasteiger partial charge on any atom is -0.494 e. The number of rotatable bonds is 9. The zero-order valence-electron chi connectivity index (χ0n) is 19.2. The second kappa shape index (κ2) is 12.4. The molecule has 1 fully saturated rings. The summed E-state index contributed by atoms with van der Waals surface area (Å²) in [7, 11) is 1.77. The normalized spacial score (nSPS) is 18.8. The number of guanidine groups is 1. The van der Waals surface area contributed by atoms with Crippen LogP contribution >= 0.6 is 24.0 Å². The molecule has 2 unspecified atom stereocenters. The Labute approximate surface area is 203 Å². The predicted octanol–water partition coefficient (Wildman–Crippen LogP) is 3.48. The minimum absolute atomic E-state index is 0. The highest BCUT2D eigenvalue weighted by Gasteiger charge is 2.26. The van der Waals surface area contributed by atoms with Crippen LogP contribution in [0.1, 0.15) is 57.6 Å². The number of hydrogen-bond acceptors (Lipinski definition) is 4. The molecule has 0 bridgehead atoms. The molecule has 2 atom stereocenters. The molecule has 2 aliphatic heterocycles. The number of hydrogen-bond donors (Lipinski definition) is 2. The van der Waals surface area contributed by atoms with Crippen molar-refractivity contribution in [3.05, 3.63) is 23.3 Å². The molecular weight excluding hydrogens is 507 g/mol. The molecule has 2 heterocycles. The Kier molecular flexibility index (Phi) is 10.2. The average molecular weight is 544 g/mol. The molecule has 1 aromatic carbocycles. The van der Waals surface area contributed by atoms with Gasteiger partial charge in [0.1, 0.15) is 17.6 Å². The first kappa shape index (κ1) is 25.5. The number of carbonyl (C=O) groups excluding carboxylic acids is 1. The molecule has 0 aromatic heterocycles. The number of amides is 1. The number of nitrogens with one attached hydrogen (secondary N) is 2. The lowest BCUT2D eigenvalue weighted by molar-refractivity contribution is -0.129. The van der Waals surface area contributed by atoms with Crippen molar-refractivity contribution in [3.8, 4) is 11.5 Å². The van der Waals surface area contributed by atoms with Gasteiger partial charge in [-0.05, 0) is 45.2 Å². The van der Waals surface area contributed by atoms with Gasteiger partial charge in [0.05, 0.1) is 6.61 Å². The maximum Gasteiger partial charge on any atom is 0.222 e. The van der Waals surface area contributed by atoms with Crippen LogP contribution in [-0.2, 0) is 17.8 Å². The summed E-state index contributed by atoms with van der Waals surface area (Å²) in [5.74, 6) is 2.89. The van der Waals surface area contributed by atoms with Crippen LogP contribution in [0.15, 0.2) is 17.1 Å². The molecule has 3 rings (SSSR count). The summed E-state index contributed by atoms with van der Waals surface area (Å²) >= 11 is 0. The molecule has 174 valence electrons. The van der Waals surface area contributed by atoms with Gasteiger partial charge in [0.25, 0.3) is 0 Å². The van der Waals surface area contributed by atoms with E-state index in [0.717, 1.165) is 61.8 Å². The summed E-state index contributed by atoms with van der Waals surface area (Å²) in [6.07, 6.45) is 4.70. The summed E-state index contributed by atoms with van der Waals surface area (Å²) in [5, 5.41) is 6.76. The van der Waals surface area contributed by atoms with Crippen LogP contribution in [0.3, 0.4) is 0 Å². The zero-order valence-corrected chi connectivity index (χ0v) is 21.5. The molecule has 1 aromatic rings. The summed E-state index contributed by atoms with van der Waals surface area (Å²) < 4.78 is 11.8. The fourth-order valence-corrected chi connectivity index (χ4v) is 4.30. The molecule has 8 heteroatoms. The number of ether oxygens (including phenoxy) is 2. The number of aliphatic imine (C=N–C) groups is 1. The maximum atomic E-state index is 12.0. The number of carbonyl (C=O) groups is 1. The Morgan fingerprint density at radius 1 is 1.35 bits per heavy atom. The number of halogens is 1. The summed E-state index contributed by atoms with van der Waals surface area (Å²) in [5.41, 5.74) is 2.26. The smallest absolute Gasteiger partial charge is 0.222 e. The van der Waals surface area contributed by atoms with Gasteiger partial charge in [-0.3, -0.25) is 9.79 Å². The fraction of sp³-hybridized carbons (Fsp3) is 0.652. The summed E-state index contributed by atoms with van der Waals surface area (Å²) in [6.45, 7) is 9.12. The number of benzene rings is 1. The SMILES string of the molecule is CCOc1cc2c(cc1CNC(=NC)NCCC(CC)N1CCCC1=O)OC(C)C2.I. The van der Waals surface area contributed by atoms with Gasteiger partial charge in [-0.1, -0.05) is 6.92 Å². The van der Waals surface area contributed by atoms with Gasteiger partial charge >= 0.3 is 0 Å². The molecule has 7 nitrogen and oxygen atoms in total. The third-order valence-corrected chi connectivity index (χ3v) is 5.84. The standard InChI is InChI=1S/C23H36N4O3.HI/c1-5-19(27-11-7-8-22(27)28)9-10-25-23(24-4)26-15-18-14-21-17(12-16(3)30-21)13-20(18)29-6-2;/h13-14,16,19H,5-12,15H2,1-4H3,(H2,24,25,26);1H. The van der Waals surface area contributed by atoms with Crippen LogP contribution in [-0.4, -0.2) is 55.7 Å². The predicted molar refractivity (Wildman–Crippen MR) is 135 cm³/mol. The molecule has 1 amide bonds. The summed E-state index contributed by atoms with van der Waals surface area (Å²) in [4.78, 5) is 18.4. The van der Waals surface area contributed by atoms with Crippen molar-refractivity contribution in [2.75, 3.05) is 26.7 Å². The highest BCUT2D eigenvalue weighted by atomic mass is 127. The third kappa shape index (κ3) is 6.63. The fourth-order valence-electron chi connectivity index (χ4n) is 4.30. The molecule has 31 heavy (non-hydrogen) atoms. The molecule has 2 N–H and O–H groups in total. The highest BCUT2D eigenvalue weighted by molar-refractivity contribution is 14.0. The monoisotopic (exact) mass is 544 g/mol. The topological polar surface area (TPSA) is 75.2 Å². The average Bonchev–Trinajstić information content (AvgIpc) is 3.31. The van der Waals surface area contributed by atoms with E-state index in [4.69, 9.17) is 9.47 Å². The Hall–Kier alpha value is -1.71. The van der Waals surface area contributed by atoms with Crippen LogP contribution in [0.5, 0.6) is 11.5 Å². The van der Waals surface area contributed by atoms with Gasteiger partial charge in [0, 0.05) is 56.7 Å². The van der Waals surface area contributed by atoms with Crippen molar-refractivity contribution in [1.29, 1.82) is 0 Å². The van der Waals surface area contributed by atoms with E-state index in [1.165, 1.54) is 5.56 Å². The second-order valence-electron chi connectivity index (χ2n) is 8.03. The first-order valence-corrected chi connectivity index (χ1v) is 11.2. The van der Waals surface area contributed by atoms with Gasteiger partial charge in [-0.15, -0.1) is 24.0 Å². The zero-order chi connectivity index (χ0) is 21.5. The van der Waals surface area contributed by atoms with E-state index in [-0.39, 0.29) is 30.1 Å². The number of fused-ring (bicyclic) bond motifs is 1. The molecule has 0 spiro atoms. The van der Waals surface area contributed by atoms with E-state index in [2.05, 4.69) is 41.6 Å². The van der Waals surface area contributed by atoms with Crippen LogP contribution < -0.4 is 20.1 Å². The van der Waals surface area contributed by atoms with E-state index in [1.807, 2.05) is 11.8 Å². The van der Waals surface area contributed by atoms with Crippen LogP contribution in [0.25, 0.3) is 0 Å². The number of nitrogens with zero attached hydrogens (tertiary/aromatic N) is 2. The summed E-state index contributed by atoms with van der Waals surface area (Å²) in [6, 6.07) is 4.48. The molecular formula is C23H37IN4O3. The van der Waals surface area contributed by atoms with Crippen molar-refractivity contribution < 1.29 is 14.3 Å². The van der Waals surface area contributed by atoms with Crippen molar-refractivity contribution in [1.82, 2.24) is 15.5 Å². The first-order valence-electron chi connectivity index (χ1n) is 11.2. The van der Waals surface area contributed by atoms with Gasteiger partial charge in [0.15, 0.2) is 5.96 Å². The second-order valence-corrected chi connectivity index (χ2v) is 8.03. The van der Waals surface area contributed by atoms with Crippen LogP contribution in [0.2, 0.25) is 0 Å². The van der Waals surface area contributed by atoms with E-state index in [1.54, 1.807) is 7.05 Å². The molecule has 0 aliphatic carbocycles. The quantitative estimate of drug-likeness (QED) is 0.283. The molecule has 2 aliphatic rings. The minimum atomic E-state index is 0. The van der Waals surface area contributed by atoms with Crippen molar-refractivity contribution >= 4 is 35.8 Å². The largest absolute Gasteiger partial charge is 0.494 e. The van der Waals surface area contributed by atoms with E-state index < -0.39 is 0 Å². The van der Waals surface area contributed by atoms with Gasteiger partial charge in [-0.25, -0.2) is 0 Å². The van der Waals surface area contributed by atoms with Gasteiger partial charge in [0.2, 0.25) is 5.91 Å². The van der Waals surface area contributed by atoms with Gasteiger partial charge in [-0.2, -0.15) is 0 Å². The number of likely N-dealkylation sites (tertiary alicyclic amines) is 1. The van der Waals surface area contributed by atoms with E-state index >= 15 is 0 Å². The lowest BCUT2D eigenvalue weighted by Crippen LogP contribution is -2.41. The third-order valence-electron chi connectivity index (χ3n) is 5.84. The molecule has 1 saturated heterocycles. The van der Waals surface area contributed by atoms with E-state index in [9.17, 15) is 4.79 Å². The lowest BCUT2D eigenvalue weighted by atomic mass is 10.1. The molecule has 0 radical (unpaired) electrons. The van der Waals surface area contributed by atoms with Crippen molar-refractivity contribution in [3.63, 3.8) is 0 Å². The Balaban J connectivity index is 0.00000341. The van der Waals surface area contributed by atoms with Crippen molar-refractivity contribution in [2.45, 2.75) is 71.6 Å². The Morgan fingerprint density at radius 2 is 2.16 bits per heavy atom.